The Bertz CT molecular complexity index is 309. The van der Waals surface area contributed by atoms with Gasteiger partial charge in [-0.05, 0) is 42.9 Å². The summed E-state index contributed by atoms with van der Waals surface area (Å²) >= 11 is 0. The Morgan fingerprint density at radius 1 is 1.29 bits per heavy atom. The predicted molar refractivity (Wildman–Crippen MR) is 56.9 cm³/mol. The second-order valence-corrected chi connectivity index (χ2v) is 3.71. The van der Waals surface area contributed by atoms with Crippen LogP contribution in [0.25, 0.3) is 0 Å². The monoisotopic (exact) mass is 191 g/mol. The zero-order valence-electron chi connectivity index (χ0n) is 8.68. The van der Waals surface area contributed by atoms with E-state index in [1.54, 1.807) is 0 Å². The first-order chi connectivity index (χ1) is 6.90. The summed E-state index contributed by atoms with van der Waals surface area (Å²) in [4.78, 5) is 5.11. The van der Waals surface area contributed by atoms with Crippen LogP contribution in [0.2, 0.25) is 0 Å². The minimum Gasteiger partial charge on any atom is -0.302 e. The van der Waals surface area contributed by atoms with Gasteiger partial charge in [0.15, 0.2) is 0 Å². The molecule has 1 aliphatic carbocycles. The van der Waals surface area contributed by atoms with E-state index >= 15 is 0 Å². The highest BCUT2D eigenvalue weighted by Crippen LogP contribution is 2.22. The van der Waals surface area contributed by atoms with Crippen molar-refractivity contribution in [3.63, 3.8) is 0 Å². The van der Waals surface area contributed by atoms with E-state index in [0.29, 0.717) is 6.61 Å². The van der Waals surface area contributed by atoms with Crippen LogP contribution in [0.5, 0.6) is 0 Å². The number of hydrogen-bond acceptors (Lipinski definition) is 2. The molecule has 0 amide bonds. The number of nitrogens with one attached hydrogen (secondary N) is 1. The Kier molecular flexibility index (Phi) is 3.17. The minimum atomic E-state index is 0.713. The molecule has 0 aliphatic heterocycles. The molecule has 0 unspecified atom stereocenters. The molecule has 1 aromatic carbocycles. The number of rotatable bonds is 4. The Hall–Kier alpha value is -0.860. The fraction of sp³-hybridized carbons (Fsp3) is 0.500. The van der Waals surface area contributed by atoms with E-state index < -0.39 is 0 Å². The summed E-state index contributed by atoms with van der Waals surface area (Å²) < 4.78 is 0. The molecular weight excluding hydrogens is 174 g/mol. The van der Waals surface area contributed by atoms with Crippen molar-refractivity contribution in [2.24, 2.45) is 0 Å². The van der Waals surface area contributed by atoms with Gasteiger partial charge in [-0.1, -0.05) is 18.2 Å². The Morgan fingerprint density at radius 2 is 2.14 bits per heavy atom. The number of hydroxylamine groups is 1. The molecule has 14 heavy (non-hydrogen) atoms. The quantitative estimate of drug-likeness (QED) is 0.582. The largest absolute Gasteiger partial charge is 0.302 e. The zero-order chi connectivity index (χ0) is 9.80. The molecule has 1 aliphatic rings. The van der Waals surface area contributed by atoms with Crippen LogP contribution in [0, 0.1) is 0 Å². The third kappa shape index (κ3) is 2.14. The minimum absolute atomic E-state index is 0.713. The molecule has 1 N–H and O–H groups in total. The van der Waals surface area contributed by atoms with Gasteiger partial charge in [-0.25, -0.2) is 0 Å². The van der Waals surface area contributed by atoms with Gasteiger partial charge < -0.3 is 4.84 Å². The topological polar surface area (TPSA) is 21.3 Å². The van der Waals surface area contributed by atoms with Gasteiger partial charge in [0.05, 0.1) is 6.61 Å². The summed E-state index contributed by atoms with van der Waals surface area (Å²) in [5.41, 5.74) is 7.32. The summed E-state index contributed by atoms with van der Waals surface area (Å²) in [5.74, 6) is 0. The average Bonchev–Trinajstić information content (AvgIpc) is 2.65. The van der Waals surface area contributed by atoms with Crippen LogP contribution in [0.15, 0.2) is 18.2 Å². The van der Waals surface area contributed by atoms with Gasteiger partial charge in [-0.15, -0.1) is 0 Å². The van der Waals surface area contributed by atoms with Crippen LogP contribution < -0.4 is 5.48 Å². The average molecular weight is 191 g/mol. The van der Waals surface area contributed by atoms with E-state index in [2.05, 4.69) is 23.7 Å². The lowest BCUT2D eigenvalue weighted by Crippen LogP contribution is -2.13. The van der Waals surface area contributed by atoms with Gasteiger partial charge in [-0.2, -0.15) is 5.48 Å². The van der Waals surface area contributed by atoms with E-state index in [4.69, 9.17) is 4.84 Å². The molecule has 0 saturated heterocycles. The van der Waals surface area contributed by atoms with Crippen molar-refractivity contribution in [2.45, 2.75) is 32.7 Å². The van der Waals surface area contributed by atoms with Crippen molar-refractivity contribution < 1.29 is 4.84 Å². The molecule has 0 spiro atoms. The van der Waals surface area contributed by atoms with E-state index in [9.17, 15) is 0 Å². The highest BCUT2D eigenvalue weighted by atomic mass is 16.6. The Balaban J connectivity index is 1.98. The lowest BCUT2D eigenvalue weighted by Gasteiger charge is -2.06. The first-order valence-electron chi connectivity index (χ1n) is 5.35. The second-order valence-electron chi connectivity index (χ2n) is 3.71. The normalized spacial score (nSPS) is 14.4. The van der Waals surface area contributed by atoms with Crippen molar-refractivity contribution in [1.29, 1.82) is 0 Å². The molecule has 0 atom stereocenters. The van der Waals surface area contributed by atoms with Crippen molar-refractivity contribution in [3.8, 4) is 0 Å². The fourth-order valence-electron chi connectivity index (χ4n) is 1.97. The number of fused-ring (bicyclic) bond motifs is 1. The predicted octanol–water partition coefficient (Wildman–Crippen LogP) is 2.22. The van der Waals surface area contributed by atoms with Crippen LogP contribution in [0.1, 0.15) is 30.0 Å². The molecule has 0 heterocycles. The van der Waals surface area contributed by atoms with Crippen LogP contribution >= 0.6 is 0 Å². The molecule has 0 fully saturated rings. The van der Waals surface area contributed by atoms with E-state index in [-0.39, 0.29) is 0 Å². The van der Waals surface area contributed by atoms with Gasteiger partial charge in [0, 0.05) is 6.54 Å². The summed E-state index contributed by atoms with van der Waals surface area (Å²) in [5, 5.41) is 0. The lowest BCUT2D eigenvalue weighted by atomic mass is 10.1. The number of hydrogen-bond donors (Lipinski definition) is 1. The van der Waals surface area contributed by atoms with Crippen LogP contribution in [0.3, 0.4) is 0 Å². The molecule has 2 nitrogen and oxygen atoms in total. The van der Waals surface area contributed by atoms with Gasteiger partial charge in [0.25, 0.3) is 0 Å². The van der Waals surface area contributed by atoms with E-state index in [1.807, 2.05) is 6.92 Å². The zero-order valence-corrected chi connectivity index (χ0v) is 8.68. The van der Waals surface area contributed by atoms with Crippen molar-refractivity contribution in [2.75, 3.05) is 6.61 Å². The van der Waals surface area contributed by atoms with Crippen molar-refractivity contribution >= 4 is 0 Å². The standard InChI is InChI=1S/C12H17NO/c1-2-14-13-9-10-6-7-11-4-3-5-12(11)8-10/h6-8,13H,2-5,9H2,1H3. The maximum atomic E-state index is 5.11. The molecule has 2 rings (SSSR count). The second kappa shape index (κ2) is 4.58. The lowest BCUT2D eigenvalue weighted by molar-refractivity contribution is 0.0463. The summed E-state index contributed by atoms with van der Waals surface area (Å²) in [7, 11) is 0. The summed E-state index contributed by atoms with van der Waals surface area (Å²) in [6, 6.07) is 6.75. The smallest absolute Gasteiger partial charge is 0.0654 e. The van der Waals surface area contributed by atoms with Crippen molar-refractivity contribution in [3.05, 3.63) is 34.9 Å². The SMILES string of the molecule is CCONCc1ccc2c(c1)CCC2. The first-order valence-corrected chi connectivity index (χ1v) is 5.35. The van der Waals surface area contributed by atoms with Crippen molar-refractivity contribution in [1.82, 2.24) is 5.48 Å². The molecule has 1 aromatic rings. The highest BCUT2D eigenvalue weighted by Gasteiger charge is 2.10. The van der Waals surface area contributed by atoms with Gasteiger partial charge in [0.1, 0.15) is 0 Å². The highest BCUT2D eigenvalue weighted by molar-refractivity contribution is 5.35. The maximum absolute atomic E-state index is 5.11. The fourth-order valence-corrected chi connectivity index (χ4v) is 1.97. The third-order valence-electron chi connectivity index (χ3n) is 2.69. The molecule has 0 bridgehead atoms. The molecule has 0 radical (unpaired) electrons. The molecular formula is C12H17NO. The van der Waals surface area contributed by atoms with Gasteiger partial charge in [0.2, 0.25) is 0 Å². The van der Waals surface area contributed by atoms with Gasteiger partial charge >= 0.3 is 0 Å². The van der Waals surface area contributed by atoms with E-state index in [1.165, 1.54) is 36.0 Å². The van der Waals surface area contributed by atoms with Crippen LogP contribution in [-0.2, 0) is 24.2 Å². The third-order valence-corrected chi connectivity index (χ3v) is 2.69. The molecule has 2 heteroatoms. The molecule has 0 aromatic heterocycles. The molecule has 76 valence electrons. The molecule has 0 saturated carbocycles. The Labute approximate surface area is 85.2 Å². The summed E-state index contributed by atoms with van der Waals surface area (Å²) in [6.45, 7) is 3.50. The number of benzene rings is 1. The van der Waals surface area contributed by atoms with Crippen LogP contribution in [-0.4, -0.2) is 6.61 Å². The maximum Gasteiger partial charge on any atom is 0.0654 e. The Morgan fingerprint density at radius 3 is 3.00 bits per heavy atom. The van der Waals surface area contributed by atoms with Gasteiger partial charge in [-0.3, -0.25) is 0 Å². The van der Waals surface area contributed by atoms with Crippen LogP contribution in [0.4, 0.5) is 0 Å². The number of aryl methyl sites for hydroxylation is 2. The first kappa shape index (κ1) is 9.69. The van der Waals surface area contributed by atoms with E-state index in [0.717, 1.165) is 6.54 Å². The summed E-state index contributed by atoms with van der Waals surface area (Å²) in [6.07, 6.45) is 3.82.